The van der Waals surface area contributed by atoms with E-state index in [0.29, 0.717) is 12.1 Å². The number of rotatable bonds is 2. The lowest BCUT2D eigenvalue weighted by molar-refractivity contribution is -0.143. The number of benzene rings is 1. The van der Waals surface area contributed by atoms with E-state index in [-0.39, 0.29) is 6.07 Å². The van der Waals surface area contributed by atoms with Crippen LogP contribution in [0.4, 0.5) is 26.3 Å². The molecule has 0 aliphatic rings. The standard InChI is InChI=1S/C9H5F6NO/c10-8(11,12)6-2-1-5(4-16-17)7(3-6)9(13,14)15/h1-3H,4H2. The third-order valence-electron chi connectivity index (χ3n) is 1.98. The van der Waals surface area contributed by atoms with E-state index in [4.69, 9.17) is 0 Å². The molecule has 94 valence electrons. The third kappa shape index (κ3) is 3.18. The zero-order chi connectivity index (χ0) is 13.3. The highest BCUT2D eigenvalue weighted by Crippen LogP contribution is 2.37. The predicted octanol–water partition coefficient (Wildman–Crippen LogP) is 3.99. The molecule has 0 fully saturated rings. The predicted molar refractivity (Wildman–Crippen MR) is 45.9 cm³/mol. The Balaban J connectivity index is 3.34. The summed E-state index contributed by atoms with van der Waals surface area (Å²) in [5.41, 5.74) is -3.49. The average Bonchev–Trinajstić information content (AvgIpc) is 2.15. The van der Waals surface area contributed by atoms with E-state index < -0.39 is 35.6 Å². The van der Waals surface area contributed by atoms with Crippen molar-refractivity contribution in [1.29, 1.82) is 0 Å². The topological polar surface area (TPSA) is 29.4 Å². The highest BCUT2D eigenvalue weighted by Gasteiger charge is 2.37. The van der Waals surface area contributed by atoms with Crippen LogP contribution >= 0.6 is 0 Å². The Hall–Kier alpha value is -1.60. The number of hydrogen-bond donors (Lipinski definition) is 0. The molecule has 1 aromatic rings. The highest BCUT2D eigenvalue weighted by atomic mass is 19.4. The van der Waals surface area contributed by atoms with Gasteiger partial charge in [-0.05, 0) is 17.7 Å². The van der Waals surface area contributed by atoms with Gasteiger partial charge in [0, 0.05) is 0 Å². The number of hydrogen-bond acceptors (Lipinski definition) is 2. The van der Waals surface area contributed by atoms with Crippen molar-refractivity contribution >= 4 is 0 Å². The monoisotopic (exact) mass is 257 g/mol. The van der Waals surface area contributed by atoms with Crippen molar-refractivity contribution in [3.63, 3.8) is 0 Å². The van der Waals surface area contributed by atoms with Crippen molar-refractivity contribution in [3.05, 3.63) is 39.8 Å². The van der Waals surface area contributed by atoms with Crippen molar-refractivity contribution in [3.8, 4) is 0 Å². The van der Waals surface area contributed by atoms with Crippen LogP contribution in [0.2, 0.25) is 0 Å². The fraction of sp³-hybridized carbons (Fsp3) is 0.333. The third-order valence-corrected chi connectivity index (χ3v) is 1.98. The summed E-state index contributed by atoms with van der Waals surface area (Å²) >= 11 is 0. The molecule has 0 amide bonds. The zero-order valence-corrected chi connectivity index (χ0v) is 8.06. The summed E-state index contributed by atoms with van der Waals surface area (Å²) in [6.07, 6.45) is -9.82. The van der Waals surface area contributed by atoms with E-state index in [1.165, 1.54) is 0 Å². The van der Waals surface area contributed by atoms with Crippen molar-refractivity contribution in [2.24, 2.45) is 5.18 Å². The molecule has 0 N–H and O–H groups in total. The van der Waals surface area contributed by atoms with Gasteiger partial charge in [0.05, 0.1) is 11.1 Å². The molecule has 0 bridgehead atoms. The number of nitrogens with zero attached hydrogens (tertiary/aromatic N) is 1. The van der Waals surface area contributed by atoms with Gasteiger partial charge in [-0.2, -0.15) is 31.2 Å². The van der Waals surface area contributed by atoms with Gasteiger partial charge in [0.2, 0.25) is 0 Å². The largest absolute Gasteiger partial charge is 0.416 e. The molecule has 0 saturated heterocycles. The molecule has 0 unspecified atom stereocenters. The van der Waals surface area contributed by atoms with Crippen LogP contribution in [0.5, 0.6) is 0 Å². The summed E-state index contributed by atoms with van der Waals surface area (Å²) in [4.78, 5) is 9.90. The molecular weight excluding hydrogens is 252 g/mol. The quantitative estimate of drug-likeness (QED) is 0.581. The van der Waals surface area contributed by atoms with Crippen LogP contribution in [0.25, 0.3) is 0 Å². The minimum absolute atomic E-state index is 0.0273. The van der Waals surface area contributed by atoms with Crippen LogP contribution in [0.1, 0.15) is 16.7 Å². The van der Waals surface area contributed by atoms with E-state index in [9.17, 15) is 31.2 Å². The SMILES string of the molecule is O=NCc1ccc(C(F)(F)F)cc1C(F)(F)F. The van der Waals surface area contributed by atoms with Gasteiger partial charge < -0.3 is 0 Å². The first-order valence-electron chi connectivity index (χ1n) is 4.22. The van der Waals surface area contributed by atoms with E-state index in [2.05, 4.69) is 5.18 Å². The zero-order valence-electron chi connectivity index (χ0n) is 8.06. The lowest BCUT2D eigenvalue weighted by Crippen LogP contribution is -2.13. The molecule has 0 saturated carbocycles. The van der Waals surface area contributed by atoms with Crippen LogP contribution in [-0.2, 0) is 18.9 Å². The second-order valence-electron chi connectivity index (χ2n) is 3.15. The minimum atomic E-state index is -4.96. The van der Waals surface area contributed by atoms with E-state index in [0.717, 1.165) is 0 Å². The summed E-state index contributed by atoms with van der Waals surface area (Å²) in [6, 6.07) is 1.06. The van der Waals surface area contributed by atoms with Crippen molar-refractivity contribution in [2.75, 3.05) is 0 Å². The Morgan fingerprint density at radius 2 is 1.59 bits per heavy atom. The molecule has 0 spiro atoms. The van der Waals surface area contributed by atoms with E-state index >= 15 is 0 Å². The first-order chi connectivity index (χ1) is 7.66. The smallest absolute Gasteiger partial charge is 0.166 e. The summed E-state index contributed by atoms with van der Waals surface area (Å²) in [5.74, 6) is 0. The van der Waals surface area contributed by atoms with E-state index in [1.807, 2.05) is 0 Å². The first-order valence-corrected chi connectivity index (χ1v) is 4.22. The average molecular weight is 257 g/mol. The Labute approximate surface area is 91.2 Å². The minimum Gasteiger partial charge on any atom is -0.166 e. The summed E-state index contributed by atoms with van der Waals surface area (Å²) in [6.45, 7) is -0.826. The fourth-order valence-electron chi connectivity index (χ4n) is 1.22. The van der Waals surface area contributed by atoms with Crippen molar-refractivity contribution < 1.29 is 26.3 Å². The van der Waals surface area contributed by atoms with Crippen molar-refractivity contribution in [1.82, 2.24) is 0 Å². The Morgan fingerprint density at radius 1 is 1.00 bits per heavy atom. The maximum absolute atomic E-state index is 12.4. The number of halogens is 6. The van der Waals surface area contributed by atoms with Crippen LogP contribution in [0.15, 0.2) is 23.4 Å². The molecule has 1 aromatic carbocycles. The summed E-state index contributed by atoms with van der Waals surface area (Å²) < 4.78 is 73.9. The molecule has 8 heteroatoms. The van der Waals surface area contributed by atoms with Gasteiger partial charge in [0.25, 0.3) is 0 Å². The molecular formula is C9H5F6NO. The van der Waals surface area contributed by atoms with Crippen LogP contribution in [0, 0.1) is 4.91 Å². The molecule has 0 radical (unpaired) electrons. The Morgan fingerprint density at radius 3 is 2.00 bits per heavy atom. The Kier molecular flexibility index (Phi) is 3.44. The van der Waals surface area contributed by atoms with Gasteiger partial charge in [0.15, 0.2) is 0 Å². The summed E-state index contributed by atoms with van der Waals surface area (Å²) in [5, 5.41) is 2.24. The molecule has 0 atom stereocenters. The number of alkyl halides is 6. The number of nitroso groups, excluding NO2 is 1. The van der Waals surface area contributed by atoms with Gasteiger partial charge in [-0.3, -0.25) is 0 Å². The molecule has 2 nitrogen and oxygen atoms in total. The second kappa shape index (κ2) is 4.34. The molecule has 0 aliphatic carbocycles. The fourth-order valence-corrected chi connectivity index (χ4v) is 1.22. The van der Waals surface area contributed by atoms with E-state index in [1.54, 1.807) is 0 Å². The van der Waals surface area contributed by atoms with Gasteiger partial charge in [-0.1, -0.05) is 11.2 Å². The van der Waals surface area contributed by atoms with Gasteiger partial charge in [-0.25, -0.2) is 0 Å². The van der Waals surface area contributed by atoms with Gasteiger partial charge >= 0.3 is 12.4 Å². The van der Waals surface area contributed by atoms with Crippen LogP contribution in [0.3, 0.4) is 0 Å². The second-order valence-corrected chi connectivity index (χ2v) is 3.15. The van der Waals surface area contributed by atoms with Gasteiger partial charge in [0.1, 0.15) is 6.54 Å². The summed E-state index contributed by atoms with van der Waals surface area (Å²) in [7, 11) is 0. The normalized spacial score (nSPS) is 12.6. The molecule has 0 aromatic heterocycles. The lowest BCUT2D eigenvalue weighted by Gasteiger charge is -2.14. The van der Waals surface area contributed by atoms with Crippen molar-refractivity contribution in [2.45, 2.75) is 18.9 Å². The lowest BCUT2D eigenvalue weighted by atomic mass is 10.0. The maximum Gasteiger partial charge on any atom is 0.416 e. The highest BCUT2D eigenvalue weighted by molar-refractivity contribution is 5.35. The maximum atomic E-state index is 12.4. The Bertz CT molecular complexity index is 422. The molecule has 0 aliphatic heterocycles. The molecule has 1 rings (SSSR count). The first kappa shape index (κ1) is 13.5. The van der Waals surface area contributed by atoms with Crippen LogP contribution in [-0.4, -0.2) is 0 Å². The molecule has 0 heterocycles. The molecule has 17 heavy (non-hydrogen) atoms. The van der Waals surface area contributed by atoms with Gasteiger partial charge in [-0.15, -0.1) is 0 Å². The van der Waals surface area contributed by atoms with Crippen LogP contribution < -0.4 is 0 Å².